The number of methoxy groups -OCH3 is 1. The van der Waals surface area contributed by atoms with E-state index in [4.69, 9.17) is 14.2 Å². The summed E-state index contributed by atoms with van der Waals surface area (Å²) in [6.45, 7) is 7.63. The molecule has 2 aromatic rings. The highest BCUT2D eigenvalue weighted by Crippen LogP contribution is 2.48. The van der Waals surface area contributed by atoms with Gasteiger partial charge in [0.05, 0.1) is 25.9 Å². The Morgan fingerprint density at radius 1 is 0.973 bits per heavy atom. The summed E-state index contributed by atoms with van der Waals surface area (Å²) >= 11 is 0. The van der Waals surface area contributed by atoms with Crippen LogP contribution in [0, 0.1) is 12.8 Å². The van der Waals surface area contributed by atoms with Crippen molar-refractivity contribution in [2.75, 3.05) is 20.3 Å². The average molecular weight is 504 g/mol. The Labute approximate surface area is 217 Å². The molecule has 0 radical (unpaired) electrons. The number of carbonyl (C=O) groups is 3. The first-order valence-corrected chi connectivity index (χ1v) is 12.6. The smallest absolute Gasteiger partial charge is 0.336 e. The molecule has 0 amide bonds. The summed E-state index contributed by atoms with van der Waals surface area (Å²) in [5.74, 6) is -2.93. The van der Waals surface area contributed by atoms with Gasteiger partial charge in [-0.1, -0.05) is 42.0 Å². The van der Waals surface area contributed by atoms with Gasteiger partial charge in [-0.05, 0) is 57.4 Å². The molecule has 2 aromatic carbocycles. The van der Waals surface area contributed by atoms with Crippen LogP contribution in [0.3, 0.4) is 0 Å². The van der Waals surface area contributed by atoms with Crippen LogP contribution in [-0.2, 0) is 23.9 Å². The van der Waals surface area contributed by atoms with Gasteiger partial charge in [-0.2, -0.15) is 0 Å². The molecule has 1 aliphatic heterocycles. The van der Waals surface area contributed by atoms with Crippen molar-refractivity contribution < 1.29 is 28.6 Å². The molecule has 1 heterocycles. The number of hydrogen-bond acceptors (Lipinski definition) is 7. The molecule has 0 aromatic heterocycles. The molecule has 4 rings (SSSR count). The Kier molecular flexibility index (Phi) is 7.81. The van der Waals surface area contributed by atoms with Crippen molar-refractivity contribution in [2.24, 2.45) is 5.92 Å². The van der Waals surface area contributed by atoms with Gasteiger partial charge in [0.15, 0.2) is 5.78 Å². The highest BCUT2D eigenvalue weighted by molar-refractivity contribution is 6.13. The van der Waals surface area contributed by atoms with Gasteiger partial charge in [-0.15, -0.1) is 0 Å². The minimum Gasteiger partial charge on any atom is -0.497 e. The van der Waals surface area contributed by atoms with E-state index in [1.165, 1.54) is 0 Å². The van der Waals surface area contributed by atoms with Crippen molar-refractivity contribution in [1.82, 2.24) is 5.32 Å². The summed E-state index contributed by atoms with van der Waals surface area (Å²) in [5, 5.41) is 3.32. The first-order valence-electron chi connectivity index (χ1n) is 12.6. The molecule has 37 heavy (non-hydrogen) atoms. The van der Waals surface area contributed by atoms with Crippen LogP contribution in [-0.4, -0.2) is 38.0 Å². The third kappa shape index (κ3) is 5.03. The summed E-state index contributed by atoms with van der Waals surface area (Å²) in [5.41, 5.74) is 4.78. The fraction of sp³-hybridized carbons (Fsp3) is 0.367. The number of nitrogens with one attached hydrogen (secondary N) is 1. The number of ether oxygens (including phenoxy) is 3. The minimum atomic E-state index is -1.05. The van der Waals surface area contributed by atoms with E-state index in [2.05, 4.69) is 5.32 Å². The fourth-order valence-corrected chi connectivity index (χ4v) is 5.29. The Morgan fingerprint density at radius 3 is 2.32 bits per heavy atom. The summed E-state index contributed by atoms with van der Waals surface area (Å²) in [6.07, 6.45) is 0.396. The van der Waals surface area contributed by atoms with E-state index in [1.54, 1.807) is 21.0 Å². The molecule has 0 saturated heterocycles. The van der Waals surface area contributed by atoms with Crippen LogP contribution >= 0.6 is 0 Å². The number of hydrogen-bond donors (Lipinski definition) is 1. The predicted molar refractivity (Wildman–Crippen MR) is 139 cm³/mol. The van der Waals surface area contributed by atoms with Gasteiger partial charge in [-0.3, -0.25) is 9.59 Å². The summed E-state index contributed by atoms with van der Waals surface area (Å²) in [7, 11) is 1.58. The van der Waals surface area contributed by atoms with Gasteiger partial charge < -0.3 is 19.5 Å². The van der Waals surface area contributed by atoms with Gasteiger partial charge in [0, 0.05) is 28.8 Å². The van der Waals surface area contributed by atoms with E-state index in [1.807, 2.05) is 62.4 Å². The van der Waals surface area contributed by atoms with Gasteiger partial charge >= 0.3 is 11.9 Å². The lowest BCUT2D eigenvalue weighted by molar-refractivity contribution is -0.152. The van der Waals surface area contributed by atoms with Crippen molar-refractivity contribution in [1.29, 1.82) is 0 Å². The molecule has 3 atom stereocenters. The number of ketones is 1. The van der Waals surface area contributed by atoms with Gasteiger partial charge in [0.1, 0.15) is 11.7 Å². The standard InChI is InChI=1S/C30H33NO6/c1-6-36-29(33)24-18(4)31-23-16-22(20-9-8-10-21(15-20)35-5)26(30(34)37-7-2)28(32)27(23)25(24)19-13-11-17(3)12-14-19/h8-15,22,25-26,31H,6-7,16H2,1-5H3/t22-,25-,26-/m1/s1. The number of aryl methyl sites for hydroxylation is 1. The lowest BCUT2D eigenvalue weighted by atomic mass is 9.67. The third-order valence-electron chi connectivity index (χ3n) is 6.99. The number of esters is 2. The first-order chi connectivity index (χ1) is 17.8. The van der Waals surface area contributed by atoms with Gasteiger partial charge in [0.2, 0.25) is 0 Å². The monoisotopic (exact) mass is 503 g/mol. The predicted octanol–water partition coefficient (Wildman–Crippen LogP) is 4.72. The first kappa shape index (κ1) is 26.2. The number of allylic oxidation sites excluding steroid dienone is 3. The zero-order valence-corrected chi connectivity index (χ0v) is 21.9. The second-order valence-corrected chi connectivity index (χ2v) is 9.30. The quantitative estimate of drug-likeness (QED) is 0.432. The highest BCUT2D eigenvalue weighted by Gasteiger charge is 2.49. The average Bonchev–Trinajstić information content (AvgIpc) is 2.88. The maximum Gasteiger partial charge on any atom is 0.336 e. The van der Waals surface area contributed by atoms with Crippen molar-refractivity contribution in [3.05, 3.63) is 87.8 Å². The van der Waals surface area contributed by atoms with E-state index in [0.717, 1.165) is 16.7 Å². The van der Waals surface area contributed by atoms with Crippen molar-refractivity contribution >= 4 is 17.7 Å². The summed E-state index contributed by atoms with van der Waals surface area (Å²) in [4.78, 5) is 40.7. The van der Waals surface area contributed by atoms with Crippen molar-refractivity contribution in [3.63, 3.8) is 0 Å². The fourth-order valence-electron chi connectivity index (χ4n) is 5.29. The van der Waals surface area contributed by atoms with Crippen LogP contribution in [0.5, 0.6) is 5.75 Å². The molecular weight excluding hydrogens is 470 g/mol. The number of dihydropyridines is 1. The molecule has 7 heteroatoms. The number of benzene rings is 2. The van der Waals surface area contributed by atoms with Crippen LogP contribution in [0.1, 0.15) is 55.7 Å². The lowest BCUT2D eigenvalue weighted by Crippen LogP contribution is -2.43. The Bertz CT molecular complexity index is 1270. The number of carbonyl (C=O) groups excluding carboxylic acids is 3. The molecule has 0 fully saturated rings. The van der Waals surface area contributed by atoms with Gasteiger partial charge in [0.25, 0.3) is 0 Å². The summed E-state index contributed by atoms with van der Waals surface area (Å²) < 4.78 is 16.2. The zero-order chi connectivity index (χ0) is 26.7. The third-order valence-corrected chi connectivity index (χ3v) is 6.99. The van der Waals surface area contributed by atoms with E-state index in [0.29, 0.717) is 34.7 Å². The van der Waals surface area contributed by atoms with Crippen LogP contribution < -0.4 is 10.1 Å². The largest absolute Gasteiger partial charge is 0.497 e. The Balaban J connectivity index is 1.89. The molecule has 0 bridgehead atoms. The van der Waals surface area contributed by atoms with Crippen LogP contribution in [0.4, 0.5) is 0 Å². The Hall–Kier alpha value is -3.87. The zero-order valence-electron chi connectivity index (χ0n) is 21.9. The second-order valence-electron chi connectivity index (χ2n) is 9.30. The number of Topliss-reactive ketones (excluding diaryl/α,β-unsaturated/α-hetero) is 1. The molecule has 7 nitrogen and oxygen atoms in total. The van der Waals surface area contributed by atoms with Crippen LogP contribution in [0.2, 0.25) is 0 Å². The van der Waals surface area contributed by atoms with Crippen molar-refractivity contribution in [3.8, 4) is 5.75 Å². The van der Waals surface area contributed by atoms with Crippen LogP contribution in [0.15, 0.2) is 71.1 Å². The lowest BCUT2D eigenvalue weighted by Gasteiger charge is -2.39. The normalized spacial score (nSPS) is 21.2. The number of rotatable bonds is 7. The van der Waals surface area contributed by atoms with E-state index < -0.39 is 29.7 Å². The molecule has 0 unspecified atom stereocenters. The van der Waals surface area contributed by atoms with E-state index in [9.17, 15) is 14.4 Å². The molecule has 2 aliphatic rings. The molecule has 1 aliphatic carbocycles. The van der Waals surface area contributed by atoms with E-state index >= 15 is 0 Å². The van der Waals surface area contributed by atoms with Gasteiger partial charge in [-0.25, -0.2) is 4.79 Å². The summed E-state index contributed by atoms with van der Waals surface area (Å²) in [6, 6.07) is 15.2. The second kappa shape index (κ2) is 11.0. The maximum absolute atomic E-state index is 14.3. The van der Waals surface area contributed by atoms with Crippen LogP contribution in [0.25, 0.3) is 0 Å². The SMILES string of the molecule is CCOC(=O)C1=C(C)NC2=C(C(=O)[C@H](C(=O)OCC)[C@@H](c3cccc(OC)c3)C2)[C@@H]1c1ccc(C)cc1. The van der Waals surface area contributed by atoms with Crippen molar-refractivity contribution in [2.45, 2.75) is 46.0 Å². The molecular formula is C30H33NO6. The molecule has 194 valence electrons. The topological polar surface area (TPSA) is 90.9 Å². The van der Waals surface area contributed by atoms with E-state index in [-0.39, 0.29) is 19.0 Å². The highest BCUT2D eigenvalue weighted by atomic mass is 16.5. The molecule has 0 spiro atoms. The maximum atomic E-state index is 14.3. The minimum absolute atomic E-state index is 0.159. The molecule has 0 saturated carbocycles. The Morgan fingerprint density at radius 2 is 1.68 bits per heavy atom. The molecule has 1 N–H and O–H groups in total.